The van der Waals surface area contributed by atoms with E-state index in [1.54, 1.807) is 17.0 Å². The number of rotatable bonds is 3. The topological polar surface area (TPSA) is 75.9 Å². The van der Waals surface area contributed by atoms with Crippen LogP contribution < -0.4 is 9.64 Å². The van der Waals surface area contributed by atoms with Crippen LogP contribution in [-0.4, -0.2) is 47.4 Å². The van der Waals surface area contributed by atoms with Gasteiger partial charge in [-0.2, -0.15) is 0 Å². The minimum absolute atomic E-state index is 0.0602. The van der Waals surface area contributed by atoms with Crippen LogP contribution in [-0.2, 0) is 9.59 Å². The number of aromatic nitrogens is 1. The number of likely N-dealkylation sites (tertiary alicyclic amines) is 1. The molecule has 2 aliphatic heterocycles. The van der Waals surface area contributed by atoms with E-state index >= 15 is 0 Å². The number of fused-ring (bicyclic) bond motifs is 2. The van der Waals surface area contributed by atoms with Gasteiger partial charge in [0.1, 0.15) is 11.3 Å². The van der Waals surface area contributed by atoms with Crippen molar-refractivity contribution >= 4 is 34.7 Å². The molecule has 1 fully saturated rings. The molecule has 0 bridgehead atoms. The number of nitrogens with zero attached hydrogens (tertiary/aromatic N) is 3. The summed E-state index contributed by atoms with van der Waals surface area (Å²) in [5.74, 6) is 0.578. The highest BCUT2D eigenvalue weighted by Crippen LogP contribution is 2.34. The molecule has 1 unspecified atom stereocenters. The van der Waals surface area contributed by atoms with Crippen molar-refractivity contribution in [3.63, 3.8) is 0 Å². The second kappa shape index (κ2) is 8.26. The highest BCUT2D eigenvalue weighted by molar-refractivity contribution is 6.05. The van der Waals surface area contributed by atoms with Gasteiger partial charge in [0, 0.05) is 25.2 Å². The summed E-state index contributed by atoms with van der Waals surface area (Å²) in [7, 11) is 0. The van der Waals surface area contributed by atoms with Crippen LogP contribution in [0.25, 0.3) is 17.2 Å². The van der Waals surface area contributed by atoms with Crippen LogP contribution in [0.5, 0.6) is 5.75 Å². The van der Waals surface area contributed by atoms with Crippen molar-refractivity contribution in [2.24, 2.45) is 0 Å². The van der Waals surface area contributed by atoms with Gasteiger partial charge in [-0.3, -0.25) is 9.59 Å². The molecular formula is C24H23N3O4. The highest BCUT2D eigenvalue weighted by atomic mass is 16.5. The molecule has 2 aromatic carbocycles. The summed E-state index contributed by atoms with van der Waals surface area (Å²) >= 11 is 0. The summed E-state index contributed by atoms with van der Waals surface area (Å²) in [6.45, 7) is 1.65. The van der Waals surface area contributed by atoms with Crippen LogP contribution in [0.3, 0.4) is 0 Å². The zero-order valence-electron chi connectivity index (χ0n) is 17.1. The number of hydrogen-bond acceptors (Lipinski definition) is 5. The Hall–Kier alpha value is -3.61. The molecule has 0 spiro atoms. The standard InChI is InChI=1S/C24H23N3O4/c28-23(13-12-22-25-17-8-2-4-10-19(17)31-22)27-16-21(24(29)26-14-6-1-7-15-26)30-20-11-5-3-9-18(20)27/h2-5,8-13,21H,1,6-7,14-16H2. The van der Waals surface area contributed by atoms with Gasteiger partial charge in [0.15, 0.2) is 11.7 Å². The van der Waals surface area contributed by atoms with Crippen molar-refractivity contribution in [1.82, 2.24) is 9.88 Å². The Morgan fingerprint density at radius 2 is 1.77 bits per heavy atom. The predicted octanol–water partition coefficient (Wildman–Crippen LogP) is 3.65. The monoisotopic (exact) mass is 417 g/mol. The zero-order valence-corrected chi connectivity index (χ0v) is 17.1. The third kappa shape index (κ3) is 3.91. The quantitative estimate of drug-likeness (QED) is 0.608. The minimum atomic E-state index is -0.713. The van der Waals surface area contributed by atoms with Crippen molar-refractivity contribution in [3.8, 4) is 5.75 Å². The fraction of sp³-hybridized carbons (Fsp3) is 0.292. The Labute approximate surface area is 179 Å². The number of carbonyl (C=O) groups is 2. The van der Waals surface area contributed by atoms with Crippen molar-refractivity contribution in [3.05, 3.63) is 60.5 Å². The zero-order chi connectivity index (χ0) is 21.2. The fourth-order valence-electron chi connectivity index (χ4n) is 4.08. The first-order valence-electron chi connectivity index (χ1n) is 10.6. The van der Waals surface area contributed by atoms with Gasteiger partial charge in [0.05, 0.1) is 12.2 Å². The third-order valence-corrected chi connectivity index (χ3v) is 5.66. The van der Waals surface area contributed by atoms with E-state index < -0.39 is 6.10 Å². The van der Waals surface area contributed by atoms with Crippen molar-refractivity contribution in [2.75, 3.05) is 24.5 Å². The Bertz CT molecular complexity index is 1110. The number of carbonyl (C=O) groups excluding carboxylic acids is 2. The molecule has 1 atom stereocenters. The number of piperidine rings is 1. The SMILES string of the molecule is O=C(C1CN(C(=O)C=Cc2nc3ccccc3o2)c2ccccc2O1)N1CCCCC1. The van der Waals surface area contributed by atoms with Crippen LogP contribution >= 0.6 is 0 Å². The highest BCUT2D eigenvalue weighted by Gasteiger charge is 2.35. The summed E-state index contributed by atoms with van der Waals surface area (Å²) in [6, 6.07) is 14.7. The van der Waals surface area contributed by atoms with Gasteiger partial charge >= 0.3 is 0 Å². The summed E-state index contributed by atoms with van der Waals surface area (Å²) in [6.07, 6.45) is 5.42. The van der Waals surface area contributed by atoms with E-state index in [4.69, 9.17) is 9.15 Å². The van der Waals surface area contributed by atoms with Gasteiger partial charge in [-0.05, 0) is 43.5 Å². The van der Waals surface area contributed by atoms with E-state index in [0.29, 0.717) is 22.9 Å². The number of anilines is 1. The van der Waals surface area contributed by atoms with Gasteiger partial charge < -0.3 is 19.0 Å². The summed E-state index contributed by atoms with van der Waals surface area (Å²) < 4.78 is 11.6. The lowest BCUT2D eigenvalue weighted by Crippen LogP contribution is -2.52. The molecule has 1 aromatic heterocycles. The normalized spacial score (nSPS) is 18.8. The lowest BCUT2D eigenvalue weighted by molar-refractivity contribution is -0.139. The Kier molecular flexibility index (Phi) is 5.16. The Morgan fingerprint density at radius 1 is 1.00 bits per heavy atom. The molecule has 0 aliphatic carbocycles. The molecule has 3 aromatic rings. The summed E-state index contributed by atoms with van der Waals surface area (Å²) in [4.78, 5) is 33.9. The van der Waals surface area contributed by atoms with Gasteiger partial charge in [0.2, 0.25) is 5.89 Å². The van der Waals surface area contributed by atoms with Crippen LogP contribution in [0.2, 0.25) is 0 Å². The number of ether oxygens (including phenoxy) is 1. The van der Waals surface area contributed by atoms with Gasteiger partial charge in [-0.1, -0.05) is 24.3 Å². The van der Waals surface area contributed by atoms with Crippen LogP contribution in [0.1, 0.15) is 25.2 Å². The molecule has 2 amide bonds. The average molecular weight is 417 g/mol. The van der Waals surface area contributed by atoms with Crippen LogP contribution in [0.4, 0.5) is 5.69 Å². The van der Waals surface area contributed by atoms with E-state index in [0.717, 1.165) is 37.9 Å². The first-order valence-corrected chi connectivity index (χ1v) is 10.6. The largest absolute Gasteiger partial charge is 0.476 e. The maximum Gasteiger partial charge on any atom is 0.265 e. The van der Waals surface area contributed by atoms with Crippen molar-refractivity contribution in [2.45, 2.75) is 25.4 Å². The van der Waals surface area contributed by atoms with Gasteiger partial charge in [0.25, 0.3) is 11.8 Å². The van der Waals surface area contributed by atoms with Crippen LogP contribution in [0, 0.1) is 0 Å². The molecule has 158 valence electrons. The molecule has 5 rings (SSSR count). The number of para-hydroxylation sites is 4. The average Bonchev–Trinajstić information content (AvgIpc) is 3.25. The second-order valence-corrected chi connectivity index (χ2v) is 7.76. The Morgan fingerprint density at radius 3 is 2.61 bits per heavy atom. The molecule has 1 saturated heterocycles. The minimum Gasteiger partial charge on any atom is -0.476 e. The third-order valence-electron chi connectivity index (χ3n) is 5.66. The predicted molar refractivity (Wildman–Crippen MR) is 117 cm³/mol. The van der Waals surface area contributed by atoms with Gasteiger partial charge in [-0.15, -0.1) is 0 Å². The lowest BCUT2D eigenvalue weighted by atomic mass is 10.1. The molecule has 0 N–H and O–H groups in total. The first kappa shape index (κ1) is 19.4. The molecular weight excluding hydrogens is 394 g/mol. The van der Waals surface area contributed by atoms with E-state index in [1.165, 1.54) is 6.08 Å². The summed E-state index contributed by atoms with van der Waals surface area (Å²) in [5, 5.41) is 0. The molecule has 7 nitrogen and oxygen atoms in total. The van der Waals surface area contributed by atoms with E-state index in [1.807, 2.05) is 47.4 Å². The molecule has 31 heavy (non-hydrogen) atoms. The van der Waals surface area contributed by atoms with E-state index in [2.05, 4.69) is 4.98 Å². The Balaban J connectivity index is 1.38. The molecule has 2 aliphatic rings. The van der Waals surface area contributed by atoms with Crippen molar-refractivity contribution < 1.29 is 18.7 Å². The smallest absolute Gasteiger partial charge is 0.265 e. The maximum absolute atomic E-state index is 13.1. The number of amides is 2. The van der Waals surface area contributed by atoms with E-state index in [9.17, 15) is 9.59 Å². The first-order chi connectivity index (χ1) is 15.2. The molecule has 0 saturated carbocycles. The number of oxazole rings is 1. The molecule has 0 radical (unpaired) electrons. The second-order valence-electron chi connectivity index (χ2n) is 7.76. The number of benzene rings is 2. The van der Waals surface area contributed by atoms with E-state index in [-0.39, 0.29) is 18.4 Å². The maximum atomic E-state index is 13.1. The van der Waals surface area contributed by atoms with Gasteiger partial charge in [-0.25, -0.2) is 4.98 Å². The molecule has 3 heterocycles. The van der Waals surface area contributed by atoms with Crippen molar-refractivity contribution in [1.29, 1.82) is 0 Å². The molecule has 7 heteroatoms. The van der Waals surface area contributed by atoms with Crippen LogP contribution in [0.15, 0.2) is 59.0 Å². The summed E-state index contributed by atoms with van der Waals surface area (Å²) in [5.41, 5.74) is 2.05. The number of hydrogen-bond donors (Lipinski definition) is 0. The fourth-order valence-corrected chi connectivity index (χ4v) is 4.08. The lowest BCUT2D eigenvalue weighted by Gasteiger charge is -2.37.